The molecule has 0 saturated heterocycles. The first-order valence-electron chi connectivity index (χ1n) is 6.33. The van der Waals surface area contributed by atoms with Gasteiger partial charge in [-0.1, -0.05) is 24.3 Å². The molecule has 1 heterocycles. The number of carbonyl (C=O) groups excluding carboxylic acids is 1. The van der Waals surface area contributed by atoms with Crippen LogP contribution in [0.3, 0.4) is 0 Å². The van der Waals surface area contributed by atoms with Gasteiger partial charge in [0.15, 0.2) is 11.5 Å². The first kappa shape index (κ1) is 13.0. The Bertz CT molecular complexity index is 733. The van der Waals surface area contributed by atoms with Gasteiger partial charge in [-0.05, 0) is 18.2 Å². The van der Waals surface area contributed by atoms with Gasteiger partial charge in [-0.25, -0.2) is 0 Å². The summed E-state index contributed by atoms with van der Waals surface area (Å²) in [5.41, 5.74) is 1.00. The van der Waals surface area contributed by atoms with E-state index in [1.807, 2.05) is 0 Å². The Balaban J connectivity index is 1.82. The normalized spacial score (nSPS) is 11.8. The third-order valence-electron chi connectivity index (χ3n) is 3.11. The summed E-state index contributed by atoms with van der Waals surface area (Å²) in [4.78, 5) is 11.6. The highest BCUT2D eigenvalue weighted by Crippen LogP contribution is 2.40. The topological polar surface area (TPSA) is 68.6 Å². The number of ketones is 1. The Morgan fingerprint density at radius 1 is 1.19 bits per heavy atom. The van der Waals surface area contributed by atoms with Gasteiger partial charge >= 0.3 is 0 Å². The zero-order valence-corrected chi connectivity index (χ0v) is 11.0. The Hall–Kier alpha value is -3.00. The molecule has 2 aromatic carbocycles. The number of fused-ring (bicyclic) bond motifs is 1. The molecule has 0 amide bonds. The molecule has 0 fully saturated rings. The second kappa shape index (κ2) is 5.55. The highest BCUT2D eigenvalue weighted by atomic mass is 16.7. The van der Waals surface area contributed by atoms with Crippen molar-refractivity contribution in [2.24, 2.45) is 0 Å². The molecule has 0 bridgehead atoms. The Morgan fingerprint density at radius 3 is 2.90 bits per heavy atom. The minimum atomic E-state index is -0.577. The lowest BCUT2D eigenvalue weighted by molar-refractivity contribution is 0.105. The molecule has 5 heteroatoms. The molecule has 0 atom stereocenters. The first-order chi connectivity index (χ1) is 10.3. The van der Waals surface area contributed by atoms with E-state index < -0.39 is 5.78 Å². The van der Waals surface area contributed by atoms with Crippen molar-refractivity contribution < 1.29 is 19.0 Å². The minimum Gasteiger partial charge on any atom is -0.485 e. The third-order valence-corrected chi connectivity index (χ3v) is 3.11. The summed E-state index contributed by atoms with van der Waals surface area (Å²) >= 11 is 0. The van der Waals surface area contributed by atoms with E-state index >= 15 is 0 Å². The van der Waals surface area contributed by atoms with Crippen LogP contribution in [0.1, 0.15) is 15.9 Å². The van der Waals surface area contributed by atoms with Crippen LogP contribution < -0.4 is 14.2 Å². The molecular formula is C16H11NO4. The SMILES string of the molecule is N#CC(=O)c1ccccc1COc1cccc2c1OCO2. The van der Waals surface area contributed by atoms with E-state index in [9.17, 15) is 4.79 Å². The summed E-state index contributed by atoms with van der Waals surface area (Å²) in [6.07, 6.45) is 0. The van der Waals surface area contributed by atoms with Gasteiger partial charge in [-0.2, -0.15) is 5.26 Å². The van der Waals surface area contributed by atoms with Gasteiger partial charge < -0.3 is 14.2 Å². The number of nitriles is 1. The second-order valence-electron chi connectivity index (χ2n) is 4.38. The second-order valence-corrected chi connectivity index (χ2v) is 4.38. The molecule has 1 aliphatic rings. The van der Waals surface area contributed by atoms with Gasteiger partial charge in [0.1, 0.15) is 12.7 Å². The van der Waals surface area contributed by atoms with Gasteiger partial charge in [-0.15, -0.1) is 0 Å². The van der Waals surface area contributed by atoms with Crippen LogP contribution in [-0.2, 0) is 6.61 Å². The van der Waals surface area contributed by atoms with Crippen LogP contribution in [0.4, 0.5) is 0 Å². The largest absolute Gasteiger partial charge is 0.485 e. The predicted octanol–water partition coefficient (Wildman–Crippen LogP) is 2.70. The lowest BCUT2D eigenvalue weighted by atomic mass is 10.1. The lowest BCUT2D eigenvalue weighted by Gasteiger charge is -2.10. The van der Waals surface area contributed by atoms with Crippen molar-refractivity contribution in [3.8, 4) is 23.3 Å². The lowest BCUT2D eigenvalue weighted by Crippen LogP contribution is -2.05. The summed E-state index contributed by atoms with van der Waals surface area (Å²) in [5.74, 6) is 1.16. The molecule has 1 aliphatic heterocycles. The summed E-state index contributed by atoms with van der Waals surface area (Å²) in [6.45, 7) is 0.336. The number of Topliss-reactive ketones (excluding diaryl/α,β-unsaturated/α-hetero) is 1. The molecule has 0 N–H and O–H groups in total. The molecule has 0 spiro atoms. The standard InChI is InChI=1S/C16H11NO4/c17-8-13(18)12-5-2-1-4-11(12)9-19-14-6-3-7-15-16(14)21-10-20-15/h1-7H,9-10H2. The minimum absolute atomic E-state index is 0.166. The molecule has 5 nitrogen and oxygen atoms in total. The number of hydrogen-bond donors (Lipinski definition) is 0. The van der Waals surface area contributed by atoms with Gasteiger partial charge in [0.2, 0.25) is 12.5 Å². The summed E-state index contributed by atoms with van der Waals surface area (Å²) in [7, 11) is 0. The van der Waals surface area contributed by atoms with E-state index in [4.69, 9.17) is 19.5 Å². The molecular weight excluding hydrogens is 270 g/mol. The molecule has 21 heavy (non-hydrogen) atoms. The van der Waals surface area contributed by atoms with Crippen molar-refractivity contribution in [3.63, 3.8) is 0 Å². The summed E-state index contributed by atoms with van der Waals surface area (Å²) < 4.78 is 16.3. The fourth-order valence-electron chi connectivity index (χ4n) is 2.10. The van der Waals surface area contributed by atoms with Crippen LogP contribution in [0.5, 0.6) is 17.2 Å². The van der Waals surface area contributed by atoms with E-state index in [2.05, 4.69) is 0 Å². The zero-order chi connectivity index (χ0) is 14.7. The number of ether oxygens (including phenoxy) is 3. The van der Waals surface area contributed by atoms with Crippen LogP contribution in [-0.4, -0.2) is 12.6 Å². The highest BCUT2D eigenvalue weighted by Gasteiger charge is 2.19. The molecule has 104 valence electrons. The maximum atomic E-state index is 11.6. The Labute approximate surface area is 121 Å². The maximum absolute atomic E-state index is 11.6. The van der Waals surface area contributed by atoms with Crippen LogP contribution >= 0.6 is 0 Å². The van der Waals surface area contributed by atoms with Gasteiger partial charge in [0.05, 0.1) is 0 Å². The number of hydrogen-bond acceptors (Lipinski definition) is 5. The third kappa shape index (κ3) is 2.51. The van der Waals surface area contributed by atoms with Crippen LogP contribution in [0.25, 0.3) is 0 Å². The Kier molecular flexibility index (Phi) is 3.44. The number of nitrogens with zero attached hydrogens (tertiary/aromatic N) is 1. The molecule has 0 saturated carbocycles. The molecule has 2 aromatic rings. The first-order valence-corrected chi connectivity index (χ1v) is 6.33. The van der Waals surface area contributed by atoms with E-state index in [1.165, 1.54) is 0 Å². The van der Waals surface area contributed by atoms with Gasteiger partial charge in [0.25, 0.3) is 5.78 Å². The highest BCUT2D eigenvalue weighted by molar-refractivity contribution is 6.08. The summed E-state index contributed by atoms with van der Waals surface area (Å²) in [5, 5.41) is 8.75. The molecule has 0 aromatic heterocycles. The smallest absolute Gasteiger partial charge is 0.262 e. The van der Waals surface area contributed by atoms with Crippen molar-refractivity contribution in [3.05, 3.63) is 53.6 Å². The van der Waals surface area contributed by atoms with E-state index in [-0.39, 0.29) is 13.4 Å². The zero-order valence-electron chi connectivity index (χ0n) is 11.0. The van der Waals surface area contributed by atoms with Crippen LogP contribution in [0.2, 0.25) is 0 Å². The number of para-hydroxylation sites is 1. The fraction of sp³-hybridized carbons (Fsp3) is 0.125. The van der Waals surface area contributed by atoms with Crippen molar-refractivity contribution >= 4 is 5.78 Å². The number of rotatable bonds is 4. The van der Waals surface area contributed by atoms with Crippen molar-refractivity contribution in [2.45, 2.75) is 6.61 Å². The number of carbonyl (C=O) groups is 1. The van der Waals surface area contributed by atoms with Crippen molar-refractivity contribution in [2.75, 3.05) is 6.79 Å². The number of benzene rings is 2. The van der Waals surface area contributed by atoms with E-state index in [0.29, 0.717) is 28.4 Å². The van der Waals surface area contributed by atoms with Gasteiger partial charge in [0, 0.05) is 11.1 Å². The van der Waals surface area contributed by atoms with E-state index in [0.717, 1.165) is 0 Å². The van der Waals surface area contributed by atoms with Crippen molar-refractivity contribution in [1.82, 2.24) is 0 Å². The molecule has 0 unspecified atom stereocenters. The summed E-state index contributed by atoms with van der Waals surface area (Å²) in [6, 6.07) is 13.9. The van der Waals surface area contributed by atoms with Gasteiger partial charge in [-0.3, -0.25) is 4.79 Å². The van der Waals surface area contributed by atoms with Crippen molar-refractivity contribution in [1.29, 1.82) is 5.26 Å². The maximum Gasteiger partial charge on any atom is 0.262 e. The average molecular weight is 281 g/mol. The van der Waals surface area contributed by atoms with Crippen LogP contribution in [0.15, 0.2) is 42.5 Å². The molecule has 0 aliphatic carbocycles. The predicted molar refractivity (Wildman–Crippen MR) is 73.3 cm³/mol. The monoisotopic (exact) mass is 281 g/mol. The quantitative estimate of drug-likeness (QED) is 0.636. The Morgan fingerprint density at radius 2 is 2.05 bits per heavy atom. The van der Waals surface area contributed by atoms with Crippen LogP contribution in [0, 0.1) is 11.3 Å². The molecule has 0 radical (unpaired) electrons. The average Bonchev–Trinajstić information content (AvgIpc) is 3.01. The fourth-order valence-corrected chi connectivity index (χ4v) is 2.10. The molecule has 3 rings (SSSR count). The van der Waals surface area contributed by atoms with E-state index in [1.54, 1.807) is 48.5 Å².